The van der Waals surface area contributed by atoms with E-state index in [1.807, 2.05) is 12.1 Å². The van der Waals surface area contributed by atoms with Crippen LogP contribution in [0.3, 0.4) is 0 Å². The van der Waals surface area contributed by atoms with Crippen LogP contribution >= 0.6 is 0 Å². The molecule has 0 aromatic carbocycles. The van der Waals surface area contributed by atoms with Crippen LogP contribution in [0.25, 0.3) is 0 Å². The molecule has 0 aromatic heterocycles. The molecule has 54 valence electrons. The lowest BCUT2D eigenvalue weighted by atomic mass is 10.0. The molecule has 1 aliphatic heterocycles. The largest absolute Gasteiger partial charge is 0.296 e. The van der Waals surface area contributed by atoms with Gasteiger partial charge in [0.2, 0.25) is 0 Å². The highest BCUT2D eigenvalue weighted by molar-refractivity contribution is 4.70. The zero-order valence-electron chi connectivity index (χ0n) is 6.42. The molecule has 0 unspecified atom stereocenters. The van der Waals surface area contributed by atoms with Gasteiger partial charge in [-0.15, -0.1) is 0 Å². The van der Waals surface area contributed by atoms with Crippen LogP contribution in [0, 0.1) is 5.92 Å². The van der Waals surface area contributed by atoms with Gasteiger partial charge >= 0.3 is 0 Å². The van der Waals surface area contributed by atoms with Crippen molar-refractivity contribution in [2.45, 2.75) is 26.4 Å². The normalized spacial score (nSPS) is 37.7. The third-order valence-corrected chi connectivity index (χ3v) is 2.03. The zero-order chi connectivity index (χ0) is 6.85. The summed E-state index contributed by atoms with van der Waals surface area (Å²) < 4.78 is 0. The lowest BCUT2D eigenvalue weighted by Gasteiger charge is -2.07. The van der Waals surface area contributed by atoms with Gasteiger partial charge in [0.05, 0.1) is 6.10 Å². The topological polar surface area (TPSA) is 12.5 Å². The first-order chi connectivity index (χ1) is 4.24. The first-order valence-electron chi connectivity index (χ1n) is 3.62. The van der Waals surface area contributed by atoms with Crippen molar-refractivity contribution >= 4 is 0 Å². The molecule has 0 aliphatic carbocycles. The maximum absolute atomic E-state index is 5.40. The van der Waals surface area contributed by atoms with E-state index >= 15 is 0 Å². The number of hydrogen-bond donors (Lipinski definition) is 0. The molecule has 2 heteroatoms. The fourth-order valence-corrected chi connectivity index (χ4v) is 1.35. The van der Waals surface area contributed by atoms with Crippen LogP contribution in [-0.2, 0) is 4.84 Å². The Kier molecular flexibility index (Phi) is 2.09. The molecule has 0 bridgehead atoms. The zero-order valence-corrected chi connectivity index (χ0v) is 6.42. The van der Waals surface area contributed by atoms with E-state index in [1.165, 1.54) is 6.42 Å². The molecule has 1 rings (SSSR count). The monoisotopic (exact) mass is 129 g/mol. The highest BCUT2D eigenvalue weighted by Gasteiger charge is 2.26. The van der Waals surface area contributed by atoms with Gasteiger partial charge in [-0.1, -0.05) is 6.92 Å². The SMILES string of the molecule is CC[C@@H]1CN(C)O[C@@H]1C. The fraction of sp³-hybridized carbons (Fsp3) is 1.00. The van der Waals surface area contributed by atoms with Crippen molar-refractivity contribution < 1.29 is 4.84 Å². The Morgan fingerprint density at radius 1 is 1.67 bits per heavy atom. The molecule has 1 saturated heterocycles. The molecule has 1 heterocycles. The Labute approximate surface area is 56.8 Å². The van der Waals surface area contributed by atoms with Crippen LogP contribution in [0.5, 0.6) is 0 Å². The van der Waals surface area contributed by atoms with E-state index in [0.29, 0.717) is 6.10 Å². The maximum Gasteiger partial charge on any atom is 0.0806 e. The molecule has 9 heavy (non-hydrogen) atoms. The average molecular weight is 129 g/mol. The minimum Gasteiger partial charge on any atom is -0.296 e. The third-order valence-electron chi connectivity index (χ3n) is 2.03. The standard InChI is InChI=1S/C7H15NO/c1-4-7-5-8(3)9-6(7)2/h6-7H,4-5H2,1-3H3/t6-,7-/m1/s1. The second kappa shape index (κ2) is 2.67. The van der Waals surface area contributed by atoms with Crippen molar-refractivity contribution in [3.63, 3.8) is 0 Å². The predicted molar refractivity (Wildman–Crippen MR) is 37.0 cm³/mol. The highest BCUT2D eigenvalue weighted by atomic mass is 16.7. The number of rotatable bonds is 1. The average Bonchev–Trinajstić information content (AvgIpc) is 2.10. The Morgan fingerprint density at radius 2 is 2.33 bits per heavy atom. The fourth-order valence-electron chi connectivity index (χ4n) is 1.35. The van der Waals surface area contributed by atoms with Crippen molar-refractivity contribution in [1.29, 1.82) is 0 Å². The van der Waals surface area contributed by atoms with Gasteiger partial charge in [-0.3, -0.25) is 4.84 Å². The first kappa shape index (κ1) is 7.03. The van der Waals surface area contributed by atoms with E-state index in [4.69, 9.17) is 4.84 Å². The molecule has 0 N–H and O–H groups in total. The minimum atomic E-state index is 0.431. The molecule has 2 nitrogen and oxygen atoms in total. The van der Waals surface area contributed by atoms with Crippen LogP contribution in [0.1, 0.15) is 20.3 Å². The Bertz CT molecular complexity index is 94.9. The van der Waals surface area contributed by atoms with E-state index in [0.717, 1.165) is 12.5 Å². The number of hydroxylamine groups is 2. The van der Waals surface area contributed by atoms with Gasteiger partial charge in [0.1, 0.15) is 0 Å². The molecule has 0 spiro atoms. The van der Waals surface area contributed by atoms with Crippen LogP contribution < -0.4 is 0 Å². The smallest absolute Gasteiger partial charge is 0.0806 e. The highest BCUT2D eigenvalue weighted by Crippen LogP contribution is 2.20. The molecule has 1 fully saturated rings. The number of hydrogen-bond acceptors (Lipinski definition) is 2. The molecular weight excluding hydrogens is 114 g/mol. The summed E-state index contributed by atoms with van der Waals surface area (Å²) in [4.78, 5) is 5.40. The summed E-state index contributed by atoms with van der Waals surface area (Å²) >= 11 is 0. The molecular formula is C7H15NO. The van der Waals surface area contributed by atoms with E-state index in [1.54, 1.807) is 0 Å². The summed E-state index contributed by atoms with van der Waals surface area (Å²) in [7, 11) is 1.99. The van der Waals surface area contributed by atoms with Crippen molar-refractivity contribution in [3.8, 4) is 0 Å². The van der Waals surface area contributed by atoms with Gasteiger partial charge in [0.15, 0.2) is 0 Å². The minimum absolute atomic E-state index is 0.431. The molecule has 0 aromatic rings. The maximum atomic E-state index is 5.40. The summed E-state index contributed by atoms with van der Waals surface area (Å²) in [6.07, 6.45) is 1.66. The lowest BCUT2D eigenvalue weighted by molar-refractivity contribution is -0.122. The Balaban J connectivity index is 2.38. The van der Waals surface area contributed by atoms with Gasteiger partial charge in [-0.05, 0) is 13.3 Å². The molecule has 0 amide bonds. The molecule has 2 atom stereocenters. The van der Waals surface area contributed by atoms with Crippen molar-refractivity contribution in [2.24, 2.45) is 5.92 Å². The second-order valence-electron chi connectivity index (χ2n) is 2.79. The van der Waals surface area contributed by atoms with E-state index in [-0.39, 0.29) is 0 Å². The summed E-state index contributed by atoms with van der Waals surface area (Å²) in [5.41, 5.74) is 0. The van der Waals surface area contributed by atoms with E-state index in [2.05, 4.69) is 13.8 Å². The van der Waals surface area contributed by atoms with Crippen LogP contribution in [0.15, 0.2) is 0 Å². The molecule has 0 radical (unpaired) electrons. The number of nitrogens with zero attached hydrogens (tertiary/aromatic N) is 1. The van der Waals surface area contributed by atoms with Crippen LogP contribution in [0.2, 0.25) is 0 Å². The van der Waals surface area contributed by atoms with Crippen molar-refractivity contribution in [3.05, 3.63) is 0 Å². The summed E-state index contributed by atoms with van der Waals surface area (Å²) in [6, 6.07) is 0. The van der Waals surface area contributed by atoms with Gasteiger partial charge in [-0.25, -0.2) is 0 Å². The van der Waals surface area contributed by atoms with Crippen LogP contribution in [-0.4, -0.2) is 24.8 Å². The summed E-state index contributed by atoms with van der Waals surface area (Å²) in [6.45, 7) is 5.44. The van der Waals surface area contributed by atoms with E-state index in [9.17, 15) is 0 Å². The predicted octanol–water partition coefficient (Wildman–Crippen LogP) is 1.28. The summed E-state index contributed by atoms with van der Waals surface area (Å²) in [5.74, 6) is 0.745. The van der Waals surface area contributed by atoms with E-state index < -0.39 is 0 Å². The first-order valence-corrected chi connectivity index (χ1v) is 3.62. The van der Waals surface area contributed by atoms with Crippen LogP contribution in [0.4, 0.5) is 0 Å². The Hall–Kier alpha value is -0.0800. The van der Waals surface area contributed by atoms with Gasteiger partial charge in [-0.2, -0.15) is 5.06 Å². The molecule has 0 saturated carbocycles. The third kappa shape index (κ3) is 1.43. The van der Waals surface area contributed by atoms with Gasteiger partial charge in [0.25, 0.3) is 0 Å². The quantitative estimate of drug-likeness (QED) is 0.528. The van der Waals surface area contributed by atoms with Crippen molar-refractivity contribution in [1.82, 2.24) is 5.06 Å². The lowest BCUT2D eigenvalue weighted by Crippen LogP contribution is -2.12. The van der Waals surface area contributed by atoms with Gasteiger partial charge < -0.3 is 0 Å². The summed E-state index contributed by atoms with van der Waals surface area (Å²) in [5, 5.41) is 1.93. The van der Waals surface area contributed by atoms with Gasteiger partial charge in [0, 0.05) is 19.5 Å². The van der Waals surface area contributed by atoms with Crippen molar-refractivity contribution in [2.75, 3.05) is 13.6 Å². The second-order valence-corrected chi connectivity index (χ2v) is 2.79. The molecule has 1 aliphatic rings. The Morgan fingerprint density at radius 3 is 2.56 bits per heavy atom.